The van der Waals surface area contributed by atoms with Gasteiger partial charge >= 0.3 is 5.97 Å². The van der Waals surface area contributed by atoms with Crippen LogP contribution in [0.2, 0.25) is 10.0 Å². The molecule has 4 nitrogen and oxygen atoms in total. The van der Waals surface area contributed by atoms with Gasteiger partial charge in [0.1, 0.15) is 5.82 Å². The van der Waals surface area contributed by atoms with Crippen LogP contribution >= 0.6 is 23.2 Å². The first-order valence-electron chi connectivity index (χ1n) is 6.13. The van der Waals surface area contributed by atoms with Crippen molar-refractivity contribution in [2.24, 2.45) is 0 Å². The standard InChI is InChI=1S/C15H10Cl2FNO3/c16-10-3-1-2-9(6-10)15(21)22-8-14(20)19-13-5-4-11(18)7-12(13)17/h1-7H,8H2,(H,19,20). The van der Waals surface area contributed by atoms with Gasteiger partial charge in [0.15, 0.2) is 6.61 Å². The highest BCUT2D eigenvalue weighted by Gasteiger charge is 2.12. The summed E-state index contributed by atoms with van der Waals surface area (Å²) in [5.41, 5.74) is 0.465. The molecule has 1 N–H and O–H groups in total. The fourth-order valence-electron chi connectivity index (χ4n) is 1.61. The molecule has 2 aromatic carbocycles. The number of esters is 1. The van der Waals surface area contributed by atoms with Gasteiger partial charge in [0.25, 0.3) is 5.91 Å². The molecule has 0 saturated carbocycles. The summed E-state index contributed by atoms with van der Waals surface area (Å²) < 4.78 is 17.7. The van der Waals surface area contributed by atoms with Crippen molar-refractivity contribution in [1.82, 2.24) is 0 Å². The zero-order valence-corrected chi connectivity index (χ0v) is 12.6. The smallest absolute Gasteiger partial charge is 0.338 e. The van der Waals surface area contributed by atoms with E-state index in [4.69, 9.17) is 27.9 Å². The van der Waals surface area contributed by atoms with Gasteiger partial charge in [0, 0.05) is 5.02 Å². The largest absolute Gasteiger partial charge is 0.452 e. The van der Waals surface area contributed by atoms with Crippen LogP contribution in [0.1, 0.15) is 10.4 Å². The summed E-state index contributed by atoms with van der Waals surface area (Å²) in [7, 11) is 0. The second kappa shape index (κ2) is 7.24. The first-order chi connectivity index (χ1) is 10.5. The van der Waals surface area contributed by atoms with E-state index in [1.165, 1.54) is 18.2 Å². The summed E-state index contributed by atoms with van der Waals surface area (Å²) in [6.45, 7) is -0.501. The highest BCUT2D eigenvalue weighted by Crippen LogP contribution is 2.22. The molecule has 0 aliphatic rings. The van der Waals surface area contributed by atoms with Gasteiger partial charge in [-0.3, -0.25) is 4.79 Å². The van der Waals surface area contributed by atoms with E-state index in [0.717, 1.165) is 12.1 Å². The van der Waals surface area contributed by atoms with Crippen LogP contribution in [0.15, 0.2) is 42.5 Å². The Labute approximate surface area is 135 Å². The topological polar surface area (TPSA) is 55.4 Å². The minimum absolute atomic E-state index is 0.0505. The number of hydrogen-bond donors (Lipinski definition) is 1. The molecule has 22 heavy (non-hydrogen) atoms. The van der Waals surface area contributed by atoms with E-state index >= 15 is 0 Å². The van der Waals surface area contributed by atoms with Crippen LogP contribution < -0.4 is 5.32 Å². The maximum Gasteiger partial charge on any atom is 0.338 e. The van der Waals surface area contributed by atoms with Crippen LogP contribution in [-0.4, -0.2) is 18.5 Å². The number of benzene rings is 2. The number of anilines is 1. The van der Waals surface area contributed by atoms with Crippen LogP contribution in [-0.2, 0) is 9.53 Å². The first-order valence-corrected chi connectivity index (χ1v) is 6.89. The van der Waals surface area contributed by atoms with Gasteiger partial charge in [-0.05, 0) is 36.4 Å². The molecule has 0 spiro atoms. The maximum atomic E-state index is 12.9. The highest BCUT2D eigenvalue weighted by molar-refractivity contribution is 6.33. The van der Waals surface area contributed by atoms with E-state index in [1.54, 1.807) is 12.1 Å². The minimum atomic E-state index is -0.678. The number of hydrogen-bond acceptors (Lipinski definition) is 3. The zero-order valence-electron chi connectivity index (χ0n) is 11.1. The van der Waals surface area contributed by atoms with E-state index < -0.39 is 24.3 Å². The van der Waals surface area contributed by atoms with Gasteiger partial charge in [0.05, 0.1) is 16.3 Å². The van der Waals surface area contributed by atoms with Gasteiger partial charge in [-0.2, -0.15) is 0 Å². The third kappa shape index (κ3) is 4.44. The molecule has 0 bridgehead atoms. The first kappa shape index (κ1) is 16.3. The Morgan fingerprint density at radius 1 is 1.14 bits per heavy atom. The normalized spacial score (nSPS) is 10.1. The number of amides is 1. The van der Waals surface area contributed by atoms with E-state index in [2.05, 4.69) is 5.32 Å². The van der Waals surface area contributed by atoms with Crippen molar-refractivity contribution in [3.8, 4) is 0 Å². The molecule has 7 heteroatoms. The molecule has 0 aliphatic carbocycles. The zero-order chi connectivity index (χ0) is 16.1. The Morgan fingerprint density at radius 2 is 1.91 bits per heavy atom. The predicted molar refractivity (Wildman–Crippen MR) is 81.8 cm³/mol. The number of rotatable bonds is 4. The lowest BCUT2D eigenvalue weighted by molar-refractivity contribution is -0.119. The second-order valence-corrected chi connectivity index (χ2v) is 5.10. The van der Waals surface area contributed by atoms with Crippen molar-refractivity contribution in [1.29, 1.82) is 0 Å². The van der Waals surface area contributed by atoms with E-state index in [0.29, 0.717) is 5.02 Å². The molecule has 0 atom stereocenters. The molecular weight excluding hydrogens is 332 g/mol. The Hall–Kier alpha value is -2.11. The fraction of sp³-hybridized carbons (Fsp3) is 0.0667. The van der Waals surface area contributed by atoms with E-state index in [-0.39, 0.29) is 16.3 Å². The number of ether oxygens (including phenoxy) is 1. The van der Waals surface area contributed by atoms with Crippen molar-refractivity contribution in [2.45, 2.75) is 0 Å². The average Bonchev–Trinajstić information content (AvgIpc) is 2.47. The summed E-state index contributed by atoms with van der Waals surface area (Å²) >= 11 is 11.5. The van der Waals surface area contributed by atoms with Gasteiger partial charge in [-0.25, -0.2) is 9.18 Å². The van der Waals surface area contributed by atoms with E-state index in [9.17, 15) is 14.0 Å². The predicted octanol–water partition coefficient (Wildman–Crippen LogP) is 3.93. The highest BCUT2D eigenvalue weighted by atomic mass is 35.5. The molecule has 0 aliphatic heterocycles. The summed E-state index contributed by atoms with van der Waals surface area (Å²) in [5, 5.41) is 2.85. The molecule has 0 unspecified atom stereocenters. The van der Waals surface area contributed by atoms with Crippen molar-refractivity contribution in [2.75, 3.05) is 11.9 Å². The second-order valence-electron chi connectivity index (χ2n) is 4.26. The summed E-state index contributed by atoms with van der Waals surface area (Å²) in [6.07, 6.45) is 0. The summed E-state index contributed by atoms with van der Waals surface area (Å²) in [6, 6.07) is 9.68. The lowest BCUT2D eigenvalue weighted by Crippen LogP contribution is -2.21. The quantitative estimate of drug-likeness (QED) is 0.857. The lowest BCUT2D eigenvalue weighted by atomic mass is 10.2. The van der Waals surface area contributed by atoms with Crippen LogP contribution in [0, 0.1) is 5.82 Å². The minimum Gasteiger partial charge on any atom is -0.452 e. The third-order valence-corrected chi connectivity index (χ3v) is 3.15. The maximum absolute atomic E-state index is 12.9. The number of carbonyl (C=O) groups is 2. The molecular formula is C15H10Cl2FNO3. The van der Waals surface area contributed by atoms with Crippen LogP contribution in [0.3, 0.4) is 0 Å². The number of halogens is 3. The molecule has 2 rings (SSSR count). The van der Waals surface area contributed by atoms with Gasteiger partial charge in [-0.1, -0.05) is 29.3 Å². The molecule has 0 heterocycles. The Balaban J connectivity index is 1.91. The molecule has 0 fully saturated rings. The molecule has 0 radical (unpaired) electrons. The van der Waals surface area contributed by atoms with Crippen molar-refractivity contribution in [3.63, 3.8) is 0 Å². The Bertz CT molecular complexity index is 722. The molecule has 2 aromatic rings. The van der Waals surface area contributed by atoms with Gasteiger partial charge in [0.2, 0.25) is 0 Å². The van der Waals surface area contributed by atoms with Crippen molar-refractivity contribution in [3.05, 3.63) is 63.9 Å². The third-order valence-electron chi connectivity index (χ3n) is 2.60. The summed E-state index contributed by atoms with van der Waals surface area (Å²) in [4.78, 5) is 23.4. The molecule has 114 valence electrons. The van der Waals surface area contributed by atoms with Gasteiger partial charge < -0.3 is 10.1 Å². The average molecular weight is 342 g/mol. The molecule has 0 aromatic heterocycles. The molecule has 0 saturated heterocycles. The van der Waals surface area contributed by atoms with Crippen LogP contribution in [0.25, 0.3) is 0 Å². The fourth-order valence-corrected chi connectivity index (χ4v) is 2.01. The Morgan fingerprint density at radius 3 is 2.59 bits per heavy atom. The monoisotopic (exact) mass is 341 g/mol. The number of carbonyl (C=O) groups excluding carboxylic acids is 2. The Kier molecular flexibility index (Phi) is 5.35. The van der Waals surface area contributed by atoms with Crippen molar-refractivity contribution < 1.29 is 18.7 Å². The molecule has 1 amide bonds. The van der Waals surface area contributed by atoms with Crippen molar-refractivity contribution >= 4 is 40.8 Å². The summed E-state index contributed by atoms with van der Waals surface area (Å²) in [5.74, 6) is -1.79. The lowest BCUT2D eigenvalue weighted by Gasteiger charge is -2.08. The number of nitrogens with one attached hydrogen (secondary N) is 1. The van der Waals surface area contributed by atoms with E-state index in [1.807, 2.05) is 0 Å². The van der Waals surface area contributed by atoms with Crippen LogP contribution in [0.4, 0.5) is 10.1 Å². The SMILES string of the molecule is O=C(COC(=O)c1cccc(Cl)c1)Nc1ccc(F)cc1Cl. The van der Waals surface area contributed by atoms with Crippen LogP contribution in [0.5, 0.6) is 0 Å². The van der Waals surface area contributed by atoms with Gasteiger partial charge in [-0.15, -0.1) is 0 Å².